The van der Waals surface area contributed by atoms with Gasteiger partial charge >= 0.3 is 0 Å². The van der Waals surface area contributed by atoms with E-state index in [1.165, 1.54) is 24.2 Å². The predicted molar refractivity (Wildman–Crippen MR) is 94.4 cm³/mol. The van der Waals surface area contributed by atoms with Gasteiger partial charge in [-0.25, -0.2) is 4.98 Å². The molecule has 1 fully saturated rings. The average molecular weight is 354 g/mol. The molecule has 2 aromatic rings. The smallest absolute Gasteiger partial charge is 0.263 e. The van der Waals surface area contributed by atoms with Crippen LogP contribution in [0.25, 0.3) is 10.6 Å². The van der Waals surface area contributed by atoms with Gasteiger partial charge in [0.05, 0.1) is 13.3 Å². The minimum absolute atomic E-state index is 0. The maximum Gasteiger partial charge on any atom is 0.263 e. The minimum Gasteiger partial charge on any atom is -0.497 e. The van der Waals surface area contributed by atoms with Gasteiger partial charge in [-0.15, -0.1) is 23.7 Å². The molecule has 1 amide bonds. The summed E-state index contributed by atoms with van der Waals surface area (Å²) in [5.74, 6) is 1.28. The number of nitrogens with zero attached hydrogens (tertiary/aromatic N) is 1. The Balaban J connectivity index is 0.00000192. The molecule has 0 aliphatic heterocycles. The van der Waals surface area contributed by atoms with E-state index in [9.17, 15) is 4.79 Å². The molecule has 124 valence electrons. The molecule has 3 rings (SSSR count). The number of benzene rings is 1. The van der Waals surface area contributed by atoms with Crippen molar-refractivity contribution < 1.29 is 9.53 Å². The van der Waals surface area contributed by atoms with Crippen LogP contribution in [-0.2, 0) is 0 Å². The van der Waals surface area contributed by atoms with Gasteiger partial charge in [0.2, 0.25) is 0 Å². The SMILES string of the molecule is COc1ccc(-c2ncc(C(=O)NCC(N)C3CC3)s2)cc1.Cl. The Labute approximate surface area is 145 Å². The van der Waals surface area contributed by atoms with E-state index in [-0.39, 0.29) is 24.4 Å². The Kier molecular flexibility index (Phi) is 5.98. The number of rotatable bonds is 6. The normalized spacial score (nSPS) is 14.7. The molecule has 7 heteroatoms. The van der Waals surface area contributed by atoms with E-state index in [0.29, 0.717) is 17.3 Å². The molecule has 1 aliphatic rings. The summed E-state index contributed by atoms with van der Waals surface area (Å²) in [6.07, 6.45) is 3.97. The number of aromatic nitrogens is 1. The molecular formula is C16H20ClN3O2S. The summed E-state index contributed by atoms with van der Waals surface area (Å²) in [4.78, 5) is 17.0. The molecule has 1 atom stereocenters. The summed E-state index contributed by atoms with van der Waals surface area (Å²) in [6, 6.07) is 7.69. The van der Waals surface area contributed by atoms with Crippen molar-refractivity contribution in [1.82, 2.24) is 10.3 Å². The van der Waals surface area contributed by atoms with Crippen LogP contribution in [0, 0.1) is 5.92 Å². The van der Waals surface area contributed by atoms with E-state index in [2.05, 4.69) is 10.3 Å². The number of methoxy groups -OCH3 is 1. The first-order valence-corrected chi connectivity index (χ1v) is 8.13. The van der Waals surface area contributed by atoms with E-state index in [0.717, 1.165) is 16.3 Å². The van der Waals surface area contributed by atoms with E-state index < -0.39 is 0 Å². The summed E-state index contributed by atoms with van der Waals surface area (Å²) in [7, 11) is 1.63. The molecule has 0 bridgehead atoms. The lowest BCUT2D eigenvalue weighted by atomic mass is 10.2. The van der Waals surface area contributed by atoms with Crippen molar-refractivity contribution in [2.24, 2.45) is 11.7 Å². The zero-order valence-electron chi connectivity index (χ0n) is 12.8. The first-order chi connectivity index (χ1) is 10.7. The highest BCUT2D eigenvalue weighted by Crippen LogP contribution is 2.31. The number of nitrogens with two attached hydrogens (primary N) is 1. The number of carbonyl (C=O) groups is 1. The lowest BCUT2D eigenvalue weighted by Gasteiger charge is -2.10. The van der Waals surface area contributed by atoms with Crippen molar-refractivity contribution in [2.45, 2.75) is 18.9 Å². The molecule has 1 unspecified atom stereocenters. The molecule has 0 spiro atoms. The Morgan fingerprint density at radius 2 is 2.13 bits per heavy atom. The van der Waals surface area contributed by atoms with Crippen LogP contribution in [0.15, 0.2) is 30.5 Å². The highest BCUT2D eigenvalue weighted by molar-refractivity contribution is 7.16. The topological polar surface area (TPSA) is 77.2 Å². The molecular weight excluding hydrogens is 334 g/mol. The fraction of sp³-hybridized carbons (Fsp3) is 0.375. The van der Waals surface area contributed by atoms with Crippen LogP contribution in [0.1, 0.15) is 22.5 Å². The van der Waals surface area contributed by atoms with Gasteiger partial charge in [0.25, 0.3) is 5.91 Å². The molecule has 1 aromatic heterocycles. The van der Waals surface area contributed by atoms with Crippen LogP contribution in [0.2, 0.25) is 0 Å². The van der Waals surface area contributed by atoms with Gasteiger partial charge in [-0.3, -0.25) is 4.79 Å². The maximum absolute atomic E-state index is 12.1. The maximum atomic E-state index is 12.1. The number of carbonyl (C=O) groups excluding carboxylic acids is 1. The van der Waals surface area contributed by atoms with Crippen LogP contribution >= 0.6 is 23.7 Å². The molecule has 1 aromatic carbocycles. The lowest BCUT2D eigenvalue weighted by Crippen LogP contribution is -2.38. The predicted octanol–water partition coefficient (Wildman–Crippen LogP) is 2.71. The summed E-state index contributed by atoms with van der Waals surface area (Å²) in [5, 5.41) is 3.71. The van der Waals surface area contributed by atoms with Gasteiger partial charge in [-0.1, -0.05) is 0 Å². The number of hydrogen-bond donors (Lipinski definition) is 2. The zero-order chi connectivity index (χ0) is 15.5. The lowest BCUT2D eigenvalue weighted by molar-refractivity contribution is 0.0954. The minimum atomic E-state index is -0.103. The largest absolute Gasteiger partial charge is 0.497 e. The summed E-state index contributed by atoms with van der Waals surface area (Å²) in [5.41, 5.74) is 6.96. The van der Waals surface area contributed by atoms with Crippen LogP contribution in [0.3, 0.4) is 0 Å². The molecule has 0 radical (unpaired) electrons. The van der Waals surface area contributed by atoms with Gasteiger partial charge in [0.1, 0.15) is 15.6 Å². The van der Waals surface area contributed by atoms with Gasteiger partial charge in [0.15, 0.2) is 0 Å². The summed E-state index contributed by atoms with van der Waals surface area (Å²) in [6.45, 7) is 0.527. The molecule has 1 saturated carbocycles. The first kappa shape index (κ1) is 17.7. The Morgan fingerprint density at radius 1 is 1.43 bits per heavy atom. The third kappa shape index (κ3) is 4.43. The number of thiazole rings is 1. The third-order valence-electron chi connectivity index (χ3n) is 3.79. The Hall–Kier alpha value is -1.63. The second kappa shape index (κ2) is 7.77. The second-order valence-corrected chi connectivity index (χ2v) is 6.50. The van der Waals surface area contributed by atoms with E-state index in [1.54, 1.807) is 13.3 Å². The molecule has 23 heavy (non-hydrogen) atoms. The van der Waals surface area contributed by atoms with Gasteiger partial charge in [-0.2, -0.15) is 0 Å². The van der Waals surface area contributed by atoms with Crippen molar-refractivity contribution in [1.29, 1.82) is 0 Å². The molecule has 1 heterocycles. The van der Waals surface area contributed by atoms with Crippen LogP contribution in [0.4, 0.5) is 0 Å². The first-order valence-electron chi connectivity index (χ1n) is 7.31. The highest BCUT2D eigenvalue weighted by atomic mass is 35.5. The Morgan fingerprint density at radius 3 is 2.74 bits per heavy atom. The average Bonchev–Trinajstić information content (AvgIpc) is 3.29. The summed E-state index contributed by atoms with van der Waals surface area (Å²) < 4.78 is 5.13. The molecule has 1 aliphatic carbocycles. The third-order valence-corrected chi connectivity index (χ3v) is 4.84. The number of amides is 1. The van der Waals surface area contributed by atoms with E-state index in [4.69, 9.17) is 10.5 Å². The van der Waals surface area contributed by atoms with Gasteiger partial charge in [-0.05, 0) is 43.0 Å². The van der Waals surface area contributed by atoms with Crippen LogP contribution in [-0.4, -0.2) is 30.6 Å². The quantitative estimate of drug-likeness (QED) is 0.837. The van der Waals surface area contributed by atoms with Crippen molar-refractivity contribution in [3.8, 4) is 16.3 Å². The molecule has 3 N–H and O–H groups in total. The van der Waals surface area contributed by atoms with Crippen molar-refractivity contribution in [3.63, 3.8) is 0 Å². The number of halogens is 1. The fourth-order valence-corrected chi connectivity index (χ4v) is 3.07. The Bertz CT molecular complexity index is 656. The zero-order valence-corrected chi connectivity index (χ0v) is 14.5. The monoisotopic (exact) mass is 353 g/mol. The molecule has 0 saturated heterocycles. The second-order valence-electron chi connectivity index (χ2n) is 5.47. The van der Waals surface area contributed by atoms with Crippen LogP contribution in [0.5, 0.6) is 5.75 Å². The van der Waals surface area contributed by atoms with Crippen molar-refractivity contribution in [3.05, 3.63) is 35.3 Å². The van der Waals surface area contributed by atoms with Gasteiger partial charge < -0.3 is 15.8 Å². The van der Waals surface area contributed by atoms with E-state index >= 15 is 0 Å². The summed E-state index contributed by atoms with van der Waals surface area (Å²) >= 11 is 1.38. The standard InChI is InChI=1S/C16H19N3O2S.ClH/c1-21-12-6-4-11(5-7-12)16-19-9-14(22-16)15(20)18-8-13(17)10-2-3-10;/h4-7,9-10,13H,2-3,8,17H2,1H3,(H,18,20);1H. The number of hydrogen-bond acceptors (Lipinski definition) is 5. The highest BCUT2D eigenvalue weighted by Gasteiger charge is 2.28. The van der Waals surface area contributed by atoms with E-state index in [1.807, 2.05) is 24.3 Å². The number of nitrogens with one attached hydrogen (secondary N) is 1. The van der Waals surface area contributed by atoms with Gasteiger partial charge in [0, 0.05) is 18.2 Å². The molecule has 5 nitrogen and oxygen atoms in total. The van der Waals surface area contributed by atoms with Crippen molar-refractivity contribution in [2.75, 3.05) is 13.7 Å². The van der Waals surface area contributed by atoms with Crippen LogP contribution < -0.4 is 15.8 Å². The fourth-order valence-electron chi connectivity index (χ4n) is 2.23. The number of ether oxygens (including phenoxy) is 1. The van der Waals surface area contributed by atoms with Crippen molar-refractivity contribution >= 4 is 29.7 Å².